The molecule has 6 nitrogen and oxygen atoms in total. The maximum Gasteiger partial charge on any atom is 0.360 e. The second-order valence-corrected chi connectivity index (χ2v) is 5.81. The van der Waals surface area contributed by atoms with E-state index in [0.717, 1.165) is 11.3 Å². The van der Waals surface area contributed by atoms with E-state index in [-0.39, 0.29) is 16.5 Å². The van der Waals surface area contributed by atoms with Crippen molar-refractivity contribution in [1.82, 2.24) is 4.98 Å². The van der Waals surface area contributed by atoms with Gasteiger partial charge in [-0.3, -0.25) is 0 Å². The second kappa shape index (κ2) is 4.32. The van der Waals surface area contributed by atoms with Crippen molar-refractivity contribution in [2.75, 3.05) is 5.73 Å². The average Bonchev–Trinajstić information content (AvgIpc) is 2.63. The van der Waals surface area contributed by atoms with E-state index >= 15 is 0 Å². The van der Waals surface area contributed by atoms with Gasteiger partial charge < -0.3 is 15.7 Å². The second-order valence-electron chi connectivity index (χ2n) is 3.38. The number of nitrogens with zero attached hydrogens (tertiary/aromatic N) is 2. The lowest BCUT2D eigenvalue weighted by Gasteiger charge is -2.00. The zero-order valence-corrected chi connectivity index (χ0v) is 10.6. The number of hydrogen-bond acceptors (Lipinski definition) is 6. The van der Waals surface area contributed by atoms with E-state index in [1.807, 2.05) is 0 Å². The van der Waals surface area contributed by atoms with Crippen molar-refractivity contribution in [2.45, 2.75) is 16.9 Å². The van der Waals surface area contributed by atoms with Crippen LogP contribution in [0, 0.1) is 0 Å². The predicted molar refractivity (Wildman–Crippen MR) is 64.6 cm³/mol. The Morgan fingerprint density at radius 3 is 2.82 bits per heavy atom. The van der Waals surface area contributed by atoms with Gasteiger partial charge in [0.15, 0.2) is 15.6 Å². The molecule has 0 aromatic carbocycles. The van der Waals surface area contributed by atoms with Gasteiger partial charge in [0.25, 0.3) is 0 Å². The molecule has 1 saturated carbocycles. The van der Waals surface area contributed by atoms with E-state index < -0.39 is 16.4 Å². The minimum absolute atomic E-state index is 0.149. The van der Waals surface area contributed by atoms with Crippen LogP contribution >= 0.6 is 34.5 Å². The van der Waals surface area contributed by atoms with Gasteiger partial charge in [-0.15, -0.1) is 11.3 Å². The van der Waals surface area contributed by atoms with Crippen LogP contribution in [-0.4, -0.2) is 32.2 Å². The van der Waals surface area contributed by atoms with Gasteiger partial charge in [-0.1, -0.05) is 28.4 Å². The molecule has 2 rings (SSSR count). The largest absolute Gasteiger partial charge is 0.476 e. The van der Waals surface area contributed by atoms with Gasteiger partial charge in [0, 0.05) is 11.8 Å². The molecule has 9 heteroatoms. The summed E-state index contributed by atoms with van der Waals surface area (Å²) in [6.07, 6.45) is -0.0812. The number of oxime groups is 1. The number of hydrogen-bond donors (Lipinski definition) is 2. The Morgan fingerprint density at radius 2 is 2.41 bits per heavy atom. The minimum atomic E-state index is -1.26. The molecular formula is C8H7Cl2N3O3S. The number of alkyl halides is 2. The molecule has 1 aromatic rings. The third-order valence-corrected chi connectivity index (χ3v) is 3.48. The summed E-state index contributed by atoms with van der Waals surface area (Å²) in [4.78, 5) is 19.7. The molecule has 1 aliphatic rings. The number of carboxylic acid groups (broad SMARTS) is 1. The highest BCUT2D eigenvalue weighted by atomic mass is 35.5. The Morgan fingerprint density at radius 1 is 1.76 bits per heavy atom. The summed E-state index contributed by atoms with van der Waals surface area (Å²) in [5, 5.41) is 14.2. The molecule has 0 aliphatic heterocycles. The Kier molecular flexibility index (Phi) is 3.15. The highest BCUT2D eigenvalue weighted by molar-refractivity contribution is 7.13. The SMILES string of the molecule is Nc1nc(/C(=N/OC2CC2(Cl)Cl)C(=O)O)cs1. The normalized spacial score (nSPS) is 22.2. The van der Waals surface area contributed by atoms with Crippen LogP contribution in [0.25, 0.3) is 0 Å². The predicted octanol–water partition coefficient (Wildman–Crippen LogP) is 1.48. The van der Waals surface area contributed by atoms with E-state index in [1.165, 1.54) is 5.38 Å². The number of aromatic nitrogens is 1. The van der Waals surface area contributed by atoms with Crippen molar-refractivity contribution in [3.63, 3.8) is 0 Å². The third kappa shape index (κ3) is 2.80. The molecule has 3 N–H and O–H groups in total. The highest BCUT2D eigenvalue weighted by Crippen LogP contribution is 2.49. The van der Waals surface area contributed by atoms with E-state index in [9.17, 15) is 4.79 Å². The van der Waals surface area contributed by atoms with Gasteiger partial charge >= 0.3 is 5.97 Å². The minimum Gasteiger partial charge on any atom is -0.476 e. The molecule has 17 heavy (non-hydrogen) atoms. The summed E-state index contributed by atoms with van der Waals surface area (Å²) in [7, 11) is 0. The first-order chi connectivity index (χ1) is 7.90. The first-order valence-electron chi connectivity index (χ1n) is 4.46. The van der Waals surface area contributed by atoms with Crippen LogP contribution in [0.3, 0.4) is 0 Å². The highest BCUT2D eigenvalue weighted by Gasteiger charge is 2.55. The van der Waals surface area contributed by atoms with Crippen LogP contribution in [0.15, 0.2) is 10.5 Å². The lowest BCUT2D eigenvalue weighted by atomic mass is 10.3. The Hall–Kier alpha value is -1.05. The molecule has 0 bridgehead atoms. The number of nitrogen functional groups attached to an aromatic ring is 1. The summed E-state index contributed by atoms with van der Waals surface area (Å²) < 4.78 is -0.978. The summed E-state index contributed by atoms with van der Waals surface area (Å²) in [6, 6.07) is 0. The molecule has 92 valence electrons. The number of carbonyl (C=O) groups is 1. The van der Waals surface area contributed by atoms with Crippen LogP contribution < -0.4 is 5.73 Å². The Bertz CT molecular complexity index is 488. The standard InChI is InChI=1S/C8H7Cl2N3O3S/c9-8(10)1-4(8)16-13-5(6(14)15)3-2-17-7(11)12-3/h2,4H,1H2,(H2,11,12)(H,14,15)/b13-5-. The van der Waals surface area contributed by atoms with Gasteiger partial charge in [0.05, 0.1) is 0 Å². The Balaban J connectivity index is 2.13. The summed E-state index contributed by atoms with van der Waals surface area (Å²) in [5.74, 6) is -1.26. The molecule has 0 radical (unpaired) electrons. The van der Waals surface area contributed by atoms with Crippen LogP contribution in [0.1, 0.15) is 12.1 Å². The van der Waals surface area contributed by atoms with Crippen molar-refractivity contribution >= 4 is 51.4 Å². The number of carboxylic acids is 1. The molecule has 1 aromatic heterocycles. The molecule has 0 saturated heterocycles. The lowest BCUT2D eigenvalue weighted by Crippen LogP contribution is -2.16. The van der Waals surface area contributed by atoms with Crippen molar-refractivity contribution in [2.24, 2.45) is 5.16 Å². The number of anilines is 1. The zero-order chi connectivity index (χ0) is 12.6. The number of nitrogens with two attached hydrogens (primary N) is 1. The summed E-state index contributed by atoms with van der Waals surface area (Å²) in [5.41, 5.74) is 5.23. The topological polar surface area (TPSA) is 97.8 Å². The van der Waals surface area contributed by atoms with Crippen LogP contribution in [0.5, 0.6) is 0 Å². The zero-order valence-electron chi connectivity index (χ0n) is 8.26. The number of aliphatic carboxylic acids is 1. The Labute approximate surface area is 110 Å². The first kappa shape index (κ1) is 12.4. The summed E-state index contributed by atoms with van der Waals surface area (Å²) in [6.45, 7) is 0. The maximum atomic E-state index is 11.0. The van der Waals surface area contributed by atoms with Gasteiger partial charge in [0.1, 0.15) is 5.69 Å². The molecule has 0 spiro atoms. The van der Waals surface area contributed by atoms with E-state index in [2.05, 4.69) is 10.1 Å². The summed E-state index contributed by atoms with van der Waals surface area (Å²) >= 11 is 12.5. The van der Waals surface area contributed by atoms with Crippen LogP contribution in [0.2, 0.25) is 0 Å². The smallest absolute Gasteiger partial charge is 0.360 e. The van der Waals surface area contributed by atoms with Crippen molar-refractivity contribution in [3.05, 3.63) is 11.1 Å². The van der Waals surface area contributed by atoms with Gasteiger partial charge in [-0.05, 0) is 0 Å². The molecular weight excluding hydrogens is 289 g/mol. The van der Waals surface area contributed by atoms with Crippen LogP contribution in [-0.2, 0) is 9.63 Å². The average molecular weight is 296 g/mol. The molecule has 1 aliphatic carbocycles. The fourth-order valence-corrected chi connectivity index (χ4v) is 1.92. The van der Waals surface area contributed by atoms with Gasteiger partial charge in [-0.2, -0.15) is 0 Å². The molecule has 1 fully saturated rings. The quantitative estimate of drug-likeness (QED) is 0.498. The fourth-order valence-electron chi connectivity index (χ4n) is 1.01. The first-order valence-corrected chi connectivity index (χ1v) is 6.10. The van der Waals surface area contributed by atoms with E-state index in [1.54, 1.807) is 0 Å². The fraction of sp³-hybridized carbons (Fsp3) is 0.375. The molecule has 1 unspecified atom stereocenters. The monoisotopic (exact) mass is 295 g/mol. The number of halogens is 2. The van der Waals surface area contributed by atoms with Crippen molar-refractivity contribution < 1.29 is 14.7 Å². The number of thiazole rings is 1. The maximum absolute atomic E-state index is 11.0. The molecule has 1 atom stereocenters. The van der Waals surface area contributed by atoms with Crippen LogP contribution in [0.4, 0.5) is 5.13 Å². The molecule has 0 amide bonds. The van der Waals surface area contributed by atoms with E-state index in [0.29, 0.717) is 6.42 Å². The van der Waals surface area contributed by atoms with Crippen molar-refractivity contribution in [3.8, 4) is 0 Å². The van der Waals surface area contributed by atoms with E-state index in [4.69, 9.17) is 38.9 Å². The molecule has 1 heterocycles. The third-order valence-electron chi connectivity index (χ3n) is 2.01. The van der Waals surface area contributed by atoms with Crippen molar-refractivity contribution in [1.29, 1.82) is 0 Å². The van der Waals surface area contributed by atoms with Gasteiger partial charge in [-0.25, -0.2) is 9.78 Å². The van der Waals surface area contributed by atoms with Gasteiger partial charge in [0.2, 0.25) is 5.71 Å². The number of rotatable bonds is 4. The lowest BCUT2D eigenvalue weighted by molar-refractivity contribution is -0.129.